The quantitative estimate of drug-likeness (QED) is 0.723. The van der Waals surface area contributed by atoms with E-state index in [9.17, 15) is 9.59 Å². The smallest absolute Gasteiger partial charge is 0.223 e. The van der Waals surface area contributed by atoms with Crippen LogP contribution in [0.3, 0.4) is 0 Å². The molecule has 0 bridgehead atoms. The molecule has 1 saturated carbocycles. The van der Waals surface area contributed by atoms with Gasteiger partial charge in [-0.1, -0.05) is 0 Å². The Balaban J connectivity index is 1.65. The summed E-state index contributed by atoms with van der Waals surface area (Å²) in [6.07, 6.45) is 5.49. The molecule has 1 saturated heterocycles. The van der Waals surface area contributed by atoms with Gasteiger partial charge in [0.05, 0.1) is 0 Å². The second-order valence-electron chi connectivity index (χ2n) is 5.31. The first kappa shape index (κ1) is 12.4. The van der Waals surface area contributed by atoms with Crippen molar-refractivity contribution in [2.24, 2.45) is 5.92 Å². The fourth-order valence-corrected chi connectivity index (χ4v) is 2.32. The van der Waals surface area contributed by atoms with Gasteiger partial charge in [0.25, 0.3) is 0 Å². The molecular formula is C13H22N2O2. The molecule has 2 fully saturated rings. The van der Waals surface area contributed by atoms with Gasteiger partial charge in [-0.25, -0.2) is 0 Å². The Morgan fingerprint density at radius 3 is 2.41 bits per heavy atom. The molecule has 0 aromatic carbocycles. The summed E-state index contributed by atoms with van der Waals surface area (Å²) >= 11 is 0. The van der Waals surface area contributed by atoms with E-state index in [1.54, 1.807) is 4.90 Å². The Bertz CT molecular complexity index is 294. The van der Waals surface area contributed by atoms with Crippen molar-refractivity contribution in [1.29, 1.82) is 0 Å². The lowest BCUT2D eigenvalue weighted by atomic mass is 10.2. The maximum Gasteiger partial charge on any atom is 0.223 e. The van der Waals surface area contributed by atoms with Crippen LogP contribution in [0.4, 0.5) is 0 Å². The molecule has 0 aromatic rings. The fraction of sp³-hybridized carbons (Fsp3) is 0.846. The van der Waals surface area contributed by atoms with E-state index in [0.717, 1.165) is 38.4 Å². The third-order valence-corrected chi connectivity index (χ3v) is 3.67. The first-order valence-corrected chi connectivity index (χ1v) is 6.68. The maximum atomic E-state index is 11.8. The molecule has 0 aromatic heterocycles. The Labute approximate surface area is 103 Å². The van der Waals surface area contributed by atoms with E-state index in [4.69, 9.17) is 0 Å². The molecule has 0 N–H and O–H groups in total. The Morgan fingerprint density at radius 1 is 1.18 bits per heavy atom. The third kappa shape index (κ3) is 3.72. The lowest BCUT2D eigenvalue weighted by molar-refractivity contribution is -0.135. The number of likely N-dealkylation sites (tertiary alicyclic amines) is 1. The Kier molecular flexibility index (Phi) is 4.02. The van der Waals surface area contributed by atoms with Crippen LogP contribution in [0, 0.1) is 5.92 Å². The molecule has 0 radical (unpaired) electrons. The van der Waals surface area contributed by atoms with Crippen molar-refractivity contribution in [2.75, 3.05) is 26.7 Å². The van der Waals surface area contributed by atoms with Crippen molar-refractivity contribution in [3.63, 3.8) is 0 Å². The van der Waals surface area contributed by atoms with Crippen LogP contribution < -0.4 is 0 Å². The van der Waals surface area contributed by atoms with E-state index in [-0.39, 0.29) is 11.8 Å². The molecule has 1 aliphatic heterocycles. The molecule has 2 rings (SSSR count). The van der Waals surface area contributed by atoms with Gasteiger partial charge in [-0.05, 0) is 31.6 Å². The lowest BCUT2D eigenvalue weighted by Crippen LogP contribution is -2.32. The number of hydrogen-bond donors (Lipinski definition) is 0. The summed E-state index contributed by atoms with van der Waals surface area (Å²) < 4.78 is 0. The minimum Gasteiger partial charge on any atom is -0.345 e. The monoisotopic (exact) mass is 238 g/mol. The molecule has 1 heterocycles. The van der Waals surface area contributed by atoms with Crippen molar-refractivity contribution in [2.45, 2.75) is 38.5 Å². The zero-order valence-electron chi connectivity index (χ0n) is 10.7. The van der Waals surface area contributed by atoms with Crippen LogP contribution in [0.1, 0.15) is 38.5 Å². The van der Waals surface area contributed by atoms with Gasteiger partial charge in [0.2, 0.25) is 11.8 Å². The van der Waals surface area contributed by atoms with Gasteiger partial charge >= 0.3 is 0 Å². The molecule has 0 atom stereocenters. The maximum absolute atomic E-state index is 11.8. The second-order valence-corrected chi connectivity index (χ2v) is 5.31. The highest BCUT2D eigenvalue weighted by Gasteiger charge is 2.25. The molecule has 4 nitrogen and oxygen atoms in total. The number of hydrogen-bond acceptors (Lipinski definition) is 2. The minimum atomic E-state index is 0.115. The molecule has 0 unspecified atom stereocenters. The standard InChI is InChI=1S/C13H22N2O2/c1-14(10-11-4-5-11)12(16)6-7-13(17)15-8-2-3-9-15/h11H,2-10H2,1H3. The third-order valence-electron chi connectivity index (χ3n) is 3.67. The Morgan fingerprint density at radius 2 is 1.82 bits per heavy atom. The average molecular weight is 238 g/mol. The fourth-order valence-electron chi connectivity index (χ4n) is 2.32. The van der Waals surface area contributed by atoms with Gasteiger partial charge in [0, 0.05) is 39.5 Å². The first-order valence-electron chi connectivity index (χ1n) is 6.68. The summed E-state index contributed by atoms with van der Waals surface area (Å²) in [6.45, 7) is 2.63. The van der Waals surface area contributed by atoms with Gasteiger partial charge in [-0.2, -0.15) is 0 Å². The lowest BCUT2D eigenvalue weighted by Gasteiger charge is -2.18. The number of carbonyl (C=O) groups excluding carboxylic acids is 2. The second kappa shape index (κ2) is 5.52. The number of rotatable bonds is 5. The minimum absolute atomic E-state index is 0.115. The number of nitrogens with zero attached hydrogens (tertiary/aromatic N) is 2. The van der Waals surface area contributed by atoms with Crippen LogP contribution in [0.5, 0.6) is 0 Å². The highest BCUT2D eigenvalue weighted by atomic mass is 16.2. The number of carbonyl (C=O) groups is 2. The van der Waals surface area contributed by atoms with Crippen LogP contribution in [-0.4, -0.2) is 48.3 Å². The summed E-state index contributed by atoms with van der Waals surface area (Å²) in [5, 5.41) is 0. The van der Waals surface area contributed by atoms with Crippen molar-refractivity contribution < 1.29 is 9.59 Å². The average Bonchev–Trinajstić information content (AvgIpc) is 2.96. The summed E-state index contributed by atoms with van der Waals surface area (Å²) in [7, 11) is 1.85. The van der Waals surface area contributed by atoms with Crippen LogP contribution in [0.15, 0.2) is 0 Å². The van der Waals surface area contributed by atoms with Crippen LogP contribution >= 0.6 is 0 Å². The predicted molar refractivity (Wildman–Crippen MR) is 65.4 cm³/mol. The molecule has 2 amide bonds. The van der Waals surface area contributed by atoms with Gasteiger partial charge in [-0.15, -0.1) is 0 Å². The highest BCUT2D eigenvalue weighted by molar-refractivity contribution is 5.83. The molecule has 17 heavy (non-hydrogen) atoms. The van der Waals surface area contributed by atoms with E-state index in [0.29, 0.717) is 12.8 Å². The molecule has 4 heteroatoms. The summed E-state index contributed by atoms with van der Waals surface area (Å²) in [5.41, 5.74) is 0. The molecular weight excluding hydrogens is 216 g/mol. The number of amides is 2. The summed E-state index contributed by atoms with van der Waals surface area (Å²) in [4.78, 5) is 27.2. The van der Waals surface area contributed by atoms with Gasteiger partial charge in [0.1, 0.15) is 0 Å². The molecule has 0 spiro atoms. The topological polar surface area (TPSA) is 40.6 Å². The summed E-state index contributed by atoms with van der Waals surface area (Å²) in [5.74, 6) is 0.985. The largest absolute Gasteiger partial charge is 0.345 e. The van der Waals surface area contributed by atoms with E-state index < -0.39 is 0 Å². The van der Waals surface area contributed by atoms with E-state index in [2.05, 4.69) is 0 Å². The molecule has 1 aliphatic carbocycles. The van der Waals surface area contributed by atoms with Gasteiger partial charge in [-0.3, -0.25) is 9.59 Å². The van der Waals surface area contributed by atoms with Crippen molar-refractivity contribution >= 4 is 11.8 Å². The van der Waals surface area contributed by atoms with Crippen molar-refractivity contribution in [3.8, 4) is 0 Å². The van der Waals surface area contributed by atoms with Crippen LogP contribution in [-0.2, 0) is 9.59 Å². The summed E-state index contributed by atoms with van der Waals surface area (Å²) in [6, 6.07) is 0. The van der Waals surface area contributed by atoms with Gasteiger partial charge in [0.15, 0.2) is 0 Å². The van der Waals surface area contributed by atoms with E-state index >= 15 is 0 Å². The van der Waals surface area contributed by atoms with Crippen molar-refractivity contribution in [1.82, 2.24) is 9.80 Å². The zero-order chi connectivity index (χ0) is 12.3. The van der Waals surface area contributed by atoms with Crippen molar-refractivity contribution in [3.05, 3.63) is 0 Å². The first-order chi connectivity index (χ1) is 8.16. The van der Waals surface area contributed by atoms with Gasteiger partial charge < -0.3 is 9.80 Å². The zero-order valence-corrected chi connectivity index (χ0v) is 10.7. The predicted octanol–water partition coefficient (Wildman–Crippen LogP) is 1.26. The van der Waals surface area contributed by atoms with E-state index in [1.165, 1.54) is 12.8 Å². The highest BCUT2D eigenvalue weighted by Crippen LogP contribution is 2.29. The van der Waals surface area contributed by atoms with E-state index in [1.807, 2.05) is 11.9 Å². The normalized spacial score (nSPS) is 19.5. The van der Waals surface area contributed by atoms with Crippen LogP contribution in [0.25, 0.3) is 0 Å². The Hall–Kier alpha value is -1.06. The van der Waals surface area contributed by atoms with Crippen LogP contribution in [0.2, 0.25) is 0 Å². The molecule has 96 valence electrons. The molecule has 2 aliphatic rings. The SMILES string of the molecule is CN(CC1CC1)C(=O)CCC(=O)N1CCCC1.